The number of anilines is 1. The quantitative estimate of drug-likeness (QED) is 0.485. The van der Waals surface area contributed by atoms with Gasteiger partial charge in [0, 0.05) is 25.7 Å². The number of aliphatic hydroxyl groups is 1. The van der Waals surface area contributed by atoms with Crippen molar-refractivity contribution < 1.29 is 9.90 Å². The fourth-order valence-corrected chi connectivity index (χ4v) is 1.82. The molecule has 0 radical (unpaired) electrons. The molecule has 0 saturated carbocycles. The molecule has 1 N–H and O–H groups in total. The molecule has 0 aliphatic carbocycles. The van der Waals surface area contributed by atoms with Crippen LogP contribution in [0.25, 0.3) is 0 Å². The zero-order chi connectivity index (χ0) is 15.1. The van der Waals surface area contributed by atoms with Crippen molar-refractivity contribution in [3.8, 4) is 0 Å². The van der Waals surface area contributed by atoms with E-state index in [1.807, 2.05) is 24.3 Å². The number of Topliss-reactive ketones (excluding diaryl/α,β-unsaturated/α-hetero) is 1. The Kier molecular flexibility index (Phi) is 5.90. The third-order valence-electron chi connectivity index (χ3n) is 2.92. The first-order chi connectivity index (χ1) is 9.49. The van der Waals surface area contributed by atoms with E-state index in [9.17, 15) is 9.90 Å². The lowest BCUT2D eigenvalue weighted by Crippen LogP contribution is -2.21. The maximum absolute atomic E-state index is 11.2. The van der Waals surface area contributed by atoms with Gasteiger partial charge in [0.1, 0.15) is 5.76 Å². The van der Waals surface area contributed by atoms with E-state index in [2.05, 4.69) is 29.0 Å². The average Bonchev–Trinajstić information content (AvgIpc) is 2.41. The van der Waals surface area contributed by atoms with Crippen molar-refractivity contribution in [1.29, 1.82) is 0 Å². The van der Waals surface area contributed by atoms with E-state index in [-0.39, 0.29) is 17.2 Å². The number of rotatable bonds is 6. The van der Waals surface area contributed by atoms with Crippen LogP contribution >= 0.6 is 0 Å². The van der Waals surface area contributed by atoms with Crippen LogP contribution < -0.4 is 4.90 Å². The van der Waals surface area contributed by atoms with Gasteiger partial charge in [0.15, 0.2) is 11.5 Å². The summed E-state index contributed by atoms with van der Waals surface area (Å²) in [6.45, 7) is 8.85. The van der Waals surface area contributed by atoms with Gasteiger partial charge in [-0.2, -0.15) is 5.11 Å². The summed E-state index contributed by atoms with van der Waals surface area (Å²) in [6.07, 6.45) is 0. The molecule has 0 aliphatic heterocycles. The highest BCUT2D eigenvalue weighted by Gasteiger charge is 2.06. The molecule has 5 nitrogen and oxygen atoms in total. The second-order valence-electron chi connectivity index (χ2n) is 4.38. The molecule has 0 bridgehead atoms. The molecule has 108 valence electrons. The Hall–Kier alpha value is -2.17. The summed E-state index contributed by atoms with van der Waals surface area (Å²) in [5, 5.41) is 17.1. The first kappa shape index (κ1) is 15.9. The van der Waals surface area contributed by atoms with Gasteiger partial charge in [-0.25, -0.2) is 0 Å². The maximum atomic E-state index is 11.2. The van der Waals surface area contributed by atoms with Crippen molar-refractivity contribution in [2.75, 3.05) is 18.0 Å². The van der Waals surface area contributed by atoms with Gasteiger partial charge < -0.3 is 10.0 Å². The summed E-state index contributed by atoms with van der Waals surface area (Å²) in [6, 6.07) is 7.60. The molecule has 0 saturated heterocycles. The molecule has 0 heterocycles. The molecule has 0 atom stereocenters. The van der Waals surface area contributed by atoms with Gasteiger partial charge in [-0.15, -0.1) is 5.11 Å². The van der Waals surface area contributed by atoms with E-state index < -0.39 is 0 Å². The summed E-state index contributed by atoms with van der Waals surface area (Å²) in [7, 11) is 0. The molecule has 1 aromatic carbocycles. The maximum Gasteiger partial charge on any atom is 0.183 e. The Morgan fingerprint density at radius 2 is 1.70 bits per heavy atom. The van der Waals surface area contributed by atoms with Crippen LogP contribution in [-0.4, -0.2) is 24.0 Å². The predicted molar refractivity (Wildman–Crippen MR) is 80.5 cm³/mol. The predicted octanol–water partition coefficient (Wildman–Crippen LogP) is 4.00. The van der Waals surface area contributed by atoms with Crippen LogP contribution in [0.5, 0.6) is 0 Å². The number of nitrogens with zero attached hydrogens (tertiary/aromatic N) is 3. The second kappa shape index (κ2) is 7.43. The van der Waals surface area contributed by atoms with Gasteiger partial charge in [0.05, 0.1) is 5.69 Å². The Morgan fingerprint density at radius 3 is 2.10 bits per heavy atom. The Labute approximate surface area is 119 Å². The van der Waals surface area contributed by atoms with Crippen LogP contribution in [-0.2, 0) is 4.79 Å². The van der Waals surface area contributed by atoms with E-state index in [1.54, 1.807) is 0 Å². The topological polar surface area (TPSA) is 65.3 Å². The normalized spacial score (nSPS) is 12.4. The number of benzene rings is 1. The van der Waals surface area contributed by atoms with Crippen LogP contribution in [0.15, 0.2) is 46.0 Å². The molecule has 1 aromatic rings. The summed E-state index contributed by atoms with van der Waals surface area (Å²) < 4.78 is 0. The second-order valence-corrected chi connectivity index (χ2v) is 4.38. The number of hydrogen-bond donors (Lipinski definition) is 1. The fourth-order valence-electron chi connectivity index (χ4n) is 1.82. The Bertz CT molecular complexity index is 510. The van der Waals surface area contributed by atoms with Crippen molar-refractivity contribution in [3.05, 3.63) is 35.7 Å². The fraction of sp³-hybridized carbons (Fsp3) is 0.400. The van der Waals surface area contributed by atoms with Crippen molar-refractivity contribution in [1.82, 2.24) is 0 Å². The molecule has 0 spiro atoms. The average molecular weight is 275 g/mol. The number of hydrogen-bond acceptors (Lipinski definition) is 5. The third-order valence-corrected chi connectivity index (χ3v) is 2.92. The highest BCUT2D eigenvalue weighted by atomic mass is 16.3. The number of allylic oxidation sites excluding steroid dienone is 2. The minimum Gasteiger partial charge on any atom is -0.510 e. The number of azo groups is 1. The molecule has 0 aliphatic rings. The zero-order valence-electron chi connectivity index (χ0n) is 12.4. The molecule has 1 rings (SSSR count). The highest BCUT2D eigenvalue weighted by Crippen LogP contribution is 2.21. The van der Waals surface area contributed by atoms with Gasteiger partial charge in [0.2, 0.25) is 0 Å². The third kappa shape index (κ3) is 4.19. The molecule has 0 unspecified atom stereocenters. The van der Waals surface area contributed by atoms with Crippen molar-refractivity contribution in [3.63, 3.8) is 0 Å². The van der Waals surface area contributed by atoms with Crippen molar-refractivity contribution in [2.24, 2.45) is 10.2 Å². The highest BCUT2D eigenvalue weighted by molar-refractivity contribution is 5.93. The first-order valence-corrected chi connectivity index (χ1v) is 6.67. The lowest BCUT2D eigenvalue weighted by molar-refractivity contribution is -0.113. The summed E-state index contributed by atoms with van der Waals surface area (Å²) >= 11 is 0. The Morgan fingerprint density at radius 1 is 1.15 bits per heavy atom. The largest absolute Gasteiger partial charge is 0.510 e. The van der Waals surface area contributed by atoms with Crippen LogP contribution in [0.2, 0.25) is 0 Å². The van der Waals surface area contributed by atoms with Crippen LogP contribution in [0.3, 0.4) is 0 Å². The molecule has 0 amide bonds. The van der Waals surface area contributed by atoms with E-state index in [0.29, 0.717) is 5.69 Å². The molecular formula is C15H21N3O2. The molecule has 0 fully saturated rings. The summed E-state index contributed by atoms with van der Waals surface area (Å²) in [4.78, 5) is 13.5. The standard InChI is InChI=1S/C15H21N3O2/c1-5-18(6-2)14-9-7-13(8-10-14)16-17-15(11(3)19)12(4)20/h7-10,19H,5-6H2,1-4H3/b15-11-,17-16?. The van der Waals surface area contributed by atoms with E-state index >= 15 is 0 Å². The van der Waals surface area contributed by atoms with E-state index in [1.165, 1.54) is 13.8 Å². The number of aliphatic hydroxyl groups excluding tert-OH is 1. The van der Waals surface area contributed by atoms with Crippen LogP contribution in [0.4, 0.5) is 11.4 Å². The van der Waals surface area contributed by atoms with E-state index in [4.69, 9.17) is 0 Å². The Balaban J connectivity index is 2.90. The summed E-state index contributed by atoms with van der Waals surface area (Å²) in [5.74, 6) is -0.436. The summed E-state index contributed by atoms with van der Waals surface area (Å²) in [5.41, 5.74) is 1.74. The molecular weight excluding hydrogens is 254 g/mol. The molecule has 20 heavy (non-hydrogen) atoms. The van der Waals surface area contributed by atoms with Crippen molar-refractivity contribution >= 4 is 17.2 Å². The molecule has 5 heteroatoms. The minimum atomic E-state index is -0.312. The SMILES string of the molecule is CCN(CC)c1ccc(N=N/C(C(C)=O)=C(/C)O)cc1. The van der Waals surface area contributed by atoms with Crippen LogP contribution in [0, 0.1) is 0 Å². The van der Waals surface area contributed by atoms with Gasteiger partial charge in [0.25, 0.3) is 0 Å². The zero-order valence-corrected chi connectivity index (χ0v) is 12.4. The van der Waals surface area contributed by atoms with Crippen LogP contribution in [0.1, 0.15) is 27.7 Å². The van der Waals surface area contributed by atoms with Gasteiger partial charge in [-0.3, -0.25) is 4.79 Å². The first-order valence-electron chi connectivity index (χ1n) is 6.67. The molecule has 0 aromatic heterocycles. The smallest absolute Gasteiger partial charge is 0.183 e. The van der Waals surface area contributed by atoms with Gasteiger partial charge in [-0.1, -0.05) is 0 Å². The van der Waals surface area contributed by atoms with E-state index in [0.717, 1.165) is 18.8 Å². The van der Waals surface area contributed by atoms with Crippen molar-refractivity contribution in [2.45, 2.75) is 27.7 Å². The number of carbonyl (C=O) groups is 1. The minimum absolute atomic E-state index is 0.0159. The lowest BCUT2D eigenvalue weighted by Gasteiger charge is -2.20. The van der Waals surface area contributed by atoms with Gasteiger partial charge >= 0.3 is 0 Å². The lowest BCUT2D eigenvalue weighted by atomic mass is 10.2. The number of carbonyl (C=O) groups excluding carboxylic acids is 1. The number of ketones is 1. The monoisotopic (exact) mass is 275 g/mol. The van der Waals surface area contributed by atoms with Gasteiger partial charge in [-0.05, 0) is 45.0 Å².